The maximum atomic E-state index is 12.4. The Morgan fingerprint density at radius 3 is 2.67 bits per heavy atom. The van der Waals surface area contributed by atoms with Crippen molar-refractivity contribution in [1.82, 2.24) is 9.97 Å². The molecule has 0 spiro atoms. The average Bonchev–Trinajstić information content (AvgIpc) is 2.95. The topological polar surface area (TPSA) is 84.1 Å². The molecule has 3 aromatic rings. The first-order valence-electron chi connectivity index (χ1n) is 7.13. The highest BCUT2D eigenvalue weighted by molar-refractivity contribution is 6.34. The summed E-state index contributed by atoms with van der Waals surface area (Å²) >= 11 is 6.09. The summed E-state index contributed by atoms with van der Waals surface area (Å²) in [5.74, 6) is -0.0685. The molecule has 122 valence electrons. The largest absolute Gasteiger partial charge is 0.465 e. The van der Waals surface area contributed by atoms with Crippen molar-refractivity contribution in [1.29, 1.82) is 0 Å². The van der Waals surface area contributed by atoms with E-state index in [9.17, 15) is 9.59 Å². The number of hydrogen-bond donors (Lipinski definition) is 2. The van der Waals surface area contributed by atoms with Gasteiger partial charge in [-0.3, -0.25) is 4.79 Å². The third-order valence-electron chi connectivity index (χ3n) is 3.50. The average molecular weight is 344 g/mol. The first kappa shape index (κ1) is 16.0. The fourth-order valence-corrected chi connectivity index (χ4v) is 2.50. The Kier molecular flexibility index (Phi) is 4.22. The predicted molar refractivity (Wildman–Crippen MR) is 91.6 cm³/mol. The molecule has 2 N–H and O–H groups in total. The van der Waals surface area contributed by atoms with Gasteiger partial charge in [0, 0.05) is 5.56 Å². The monoisotopic (exact) mass is 343 g/mol. The lowest BCUT2D eigenvalue weighted by Gasteiger charge is -2.09. The second-order valence-corrected chi connectivity index (χ2v) is 5.60. The molecule has 0 radical (unpaired) electrons. The molecule has 0 atom stereocenters. The van der Waals surface area contributed by atoms with Gasteiger partial charge in [-0.1, -0.05) is 11.6 Å². The van der Waals surface area contributed by atoms with E-state index in [1.54, 1.807) is 18.2 Å². The van der Waals surface area contributed by atoms with Gasteiger partial charge in [-0.25, -0.2) is 9.78 Å². The number of esters is 1. The van der Waals surface area contributed by atoms with Crippen LogP contribution in [0.15, 0.2) is 36.4 Å². The molecule has 0 aliphatic rings. The number of H-pyrrole nitrogens is 1. The van der Waals surface area contributed by atoms with Crippen LogP contribution in [0.3, 0.4) is 0 Å². The number of hydrogen-bond acceptors (Lipinski definition) is 4. The Morgan fingerprint density at radius 1 is 1.17 bits per heavy atom. The third-order valence-corrected chi connectivity index (χ3v) is 3.83. The number of nitrogens with zero attached hydrogens (tertiary/aromatic N) is 1. The van der Waals surface area contributed by atoms with Crippen LogP contribution in [-0.2, 0) is 4.74 Å². The number of aromatic amines is 1. The fourth-order valence-electron chi connectivity index (χ4n) is 2.34. The maximum absolute atomic E-state index is 12.4. The number of carbonyl (C=O) groups excluding carboxylic acids is 2. The first-order valence-corrected chi connectivity index (χ1v) is 7.51. The summed E-state index contributed by atoms with van der Waals surface area (Å²) < 4.78 is 4.67. The first-order chi connectivity index (χ1) is 11.5. The number of ether oxygens (including phenoxy) is 1. The fraction of sp³-hybridized carbons (Fsp3) is 0.118. The van der Waals surface area contributed by atoms with Gasteiger partial charge in [-0.05, 0) is 43.3 Å². The minimum atomic E-state index is -0.503. The molecule has 0 bridgehead atoms. The van der Waals surface area contributed by atoms with E-state index in [4.69, 9.17) is 11.6 Å². The van der Waals surface area contributed by atoms with Crippen LogP contribution >= 0.6 is 11.6 Å². The smallest absolute Gasteiger partial charge is 0.337 e. The van der Waals surface area contributed by atoms with E-state index >= 15 is 0 Å². The van der Waals surface area contributed by atoms with Crippen LogP contribution in [0.5, 0.6) is 0 Å². The molecule has 2 aromatic carbocycles. The van der Waals surface area contributed by atoms with E-state index in [-0.39, 0.29) is 5.91 Å². The van der Waals surface area contributed by atoms with Crippen molar-refractivity contribution < 1.29 is 14.3 Å². The zero-order valence-electron chi connectivity index (χ0n) is 13.0. The number of aromatic nitrogens is 2. The number of aryl methyl sites for hydroxylation is 1. The molecule has 1 amide bonds. The van der Waals surface area contributed by atoms with E-state index < -0.39 is 5.97 Å². The molecule has 1 aromatic heterocycles. The van der Waals surface area contributed by atoms with Gasteiger partial charge in [0.25, 0.3) is 5.91 Å². The molecule has 6 nitrogen and oxygen atoms in total. The predicted octanol–water partition coefficient (Wildman–Crippen LogP) is 3.56. The minimum absolute atomic E-state index is 0.303. The van der Waals surface area contributed by atoms with Gasteiger partial charge in [-0.15, -0.1) is 0 Å². The molecule has 24 heavy (non-hydrogen) atoms. The number of imidazole rings is 1. The van der Waals surface area contributed by atoms with Crippen LogP contribution in [0.1, 0.15) is 26.5 Å². The Labute approximate surface area is 142 Å². The molecule has 7 heteroatoms. The number of halogens is 1. The summed E-state index contributed by atoms with van der Waals surface area (Å²) in [5, 5.41) is 3.03. The zero-order chi connectivity index (χ0) is 17.3. The molecular weight excluding hydrogens is 330 g/mol. The quantitative estimate of drug-likeness (QED) is 0.712. The van der Waals surface area contributed by atoms with Crippen molar-refractivity contribution in [3.8, 4) is 0 Å². The molecule has 0 aliphatic heterocycles. The summed E-state index contributed by atoms with van der Waals surface area (Å²) in [4.78, 5) is 31.4. The summed E-state index contributed by atoms with van der Waals surface area (Å²) in [6, 6.07) is 9.69. The molecule has 0 saturated carbocycles. The van der Waals surface area contributed by atoms with Crippen LogP contribution in [0.4, 0.5) is 5.69 Å². The lowest BCUT2D eigenvalue weighted by molar-refractivity contribution is 0.0600. The van der Waals surface area contributed by atoms with Crippen LogP contribution < -0.4 is 5.32 Å². The number of methoxy groups -OCH3 is 1. The van der Waals surface area contributed by atoms with E-state index in [1.807, 2.05) is 6.92 Å². The number of rotatable bonds is 3. The van der Waals surface area contributed by atoms with E-state index in [0.29, 0.717) is 21.8 Å². The van der Waals surface area contributed by atoms with Crippen LogP contribution in [0, 0.1) is 6.92 Å². The molecule has 0 unspecified atom stereocenters. The van der Waals surface area contributed by atoms with Crippen molar-refractivity contribution in [2.24, 2.45) is 0 Å². The Morgan fingerprint density at radius 2 is 1.92 bits per heavy atom. The summed E-state index contributed by atoms with van der Waals surface area (Å²) in [6.45, 7) is 1.85. The number of amides is 1. The summed E-state index contributed by atoms with van der Waals surface area (Å²) in [5.41, 5.74) is 2.65. The highest BCUT2D eigenvalue weighted by Gasteiger charge is 2.13. The number of nitrogens with one attached hydrogen (secondary N) is 2. The lowest BCUT2D eigenvalue weighted by Crippen LogP contribution is -2.13. The molecule has 0 fully saturated rings. The Balaban J connectivity index is 1.89. The standard InChI is InChI=1S/C17H14ClN3O3/c1-9-19-13-6-4-10(7-15(13)20-9)16(22)21-14-8-11(17(23)24-2)3-5-12(14)18/h3-8H,1-2H3,(H,19,20)(H,21,22). The molecule has 3 rings (SSSR count). The van der Waals surface area contributed by atoms with Gasteiger partial charge in [-0.2, -0.15) is 0 Å². The Bertz CT molecular complexity index is 949. The van der Waals surface area contributed by atoms with Gasteiger partial charge in [0.2, 0.25) is 0 Å². The highest BCUT2D eigenvalue weighted by atomic mass is 35.5. The molecule has 0 aliphatic carbocycles. The van der Waals surface area contributed by atoms with Crippen LogP contribution in [-0.4, -0.2) is 29.0 Å². The van der Waals surface area contributed by atoms with Crippen molar-refractivity contribution >= 4 is 40.2 Å². The number of anilines is 1. The van der Waals surface area contributed by atoms with Gasteiger partial charge in [0.1, 0.15) is 5.82 Å². The van der Waals surface area contributed by atoms with Crippen LogP contribution in [0.2, 0.25) is 5.02 Å². The minimum Gasteiger partial charge on any atom is -0.465 e. The van der Waals surface area contributed by atoms with Crippen molar-refractivity contribution in [2.75, 3.05) is 12.4 Å². The van der Waals surface area contributed by atoms with Crippen molar-refractivity contribution in [3.05, 3.63) is 58.4 Å². The van der Waals surface area contributed by atoms with Crippen molar-refractivity contribution in [2.45, 2.75) is 6.92 Å². The zero-order valence-corrected chi connectivity index (χ0v) is 13.8. The number of carbonyl (C=O) groups is 2. The van der Waals surface area contributed by atoms with E-state index in [0.717, 1.165) is 16.9 Å². The molecular formula is C17H14ClN3O3. The molecule has 0 saturated heterocycles. The van der Waals surface area contributed by atoms with Crippen LogP contribution in [0.25, 0.3) is 11.0 Å². The Hall–Kier alpha value is -2.86. The van der Waals surface area contributed by atoms with Gasteiger partial charge in [0.15, 0.2) is 0 Å². The summed E-state index contributed by atoms with van der Waals surface area (Å²) in [7, 11) is 1.29. The highest BCUT2D eigenvalue weighted by Crippen LogP contribution is 2.24. The SMILES string of the molecule is COC(=O)c1ccc(Cl)c(NC(=O)c2ccc3nc(C)[nH]c3c2)c1. The van der Waals surface area contributed by atoms with E-state index in [2.05, 4.69) is 20.0 Å². The van der Waals surface area contributed by atoms with Gasteiger partial charge < -0.3 is 15.0 Å². The maximum Gasteiger partial charge on any atom is 0.337 e. The van der Waals surface area contributed by atoms with Crippen molar-refractivity contribution in [3.63, 3.8) is 0 Å². The number of benzene rings is 2. The third kappa shape index (κ3) is 3.09. The lowest BCUT2D eigenvalue weighted by atomic mass is 10.1. The van der Waals surface area contributed by atoms with E-state index in [1.165, 1.54) is 25.3 Å². The molecule has 1 heterocycles. The van der Waals surface area contributed by atoms with Gasteiger partial charge in [0.05, 0.1) is 34.4 Å². The summed E-state index contributed by atoms with van der Waals surface area (Å²) in [6.07, 6.45) is 0. The number of fused-ring (bicyclic) bond motifs is 1. The second-order valence-electron chi connectivity index (χ2n) is 5.19. The van der Waals surface area contributed by atoms with Gasteiger partial charge >= 0.3 is 5.97 Å². The normalized spacial score (nSPS) is 10.6. The second kappa shape index (κ2) is 6.33.